The van der Waals surface area contributed by atoms with E-state index < -0.39 is 24.5 Å². The number of hydrogen-bond acceptors (Lipinski definition) is 3. The number of rotatable bonds is 3. The fourth-order valence-electron chi connectivity index (χ4n) is 2.27. The first-order valence-electron chi connectivity index (χ1n) is 6.91. The number of carbonyl (C=O) groups is 2. The quantitative estimate of drug-likeness (QED) is 0.845. The van der Waals surface area contributed by atoms with Crippen LogP contribution in [0.3, 0.4) is 0 Å². The molecule has 0 bridgehead atoms. The van der Waals surface area contributed by atoms with E-state index in [0.29, 0.717) is 18.8 Å². The molecule has 1 aliphatic heterocycles. The average Bonchev–Trinajstić information content (AvgIpc) is 2.52. The van der Waals surface area contributed by atoms with Gasteiger partial charge in [-0.1, -0.05) is 12.1 Å². The van der Waals surface area contributed by atoms with Gasteiger partial charge in [0.1, 0.15) is 5.82 Å². The number of alkyl halides is 3. The Morgan fingerprint density at radius 1 is 1.09 bits per heavy atom. The third-order valence-electron chi connectivity index (χ3n) is 3.48. The van der Waals surface area contributed by atoms with Crippen LogP contribution in [0.1, 0.15) is 0 Å². The molecule has 1 saturated heterocycles. The van der Waals surface area contributed by atoms with E-state index in [1.54, 1.807) is 28.4 Å². The summed E-state index contributed by atoms with van der Waals surface area (Å²) in [4.78, 5) is 25.6. The minimum Gasteiger partial charge on any atom is -0.366 e. The van der Waals surface area contributed by atoms with Crippen LogP contribution in [0.2, 0.25) is 0 Å². The number of benzene rings is 1. The Morgan fingerprint density at radius 2 is 1.70 bits per heavy atom. The highest BCUT2D eigenvalue weighted by molar-refractivity contribution is 5.87. The molecule has 0 radical (unpaired) electrons. The van der Waals surface area contributed by atoms with Crippen molar-refractivity contribution in [2.75, 3.05) is 37.6 Å². The molecule has 5 nitrogen and oxygen atoms in total. The topological polar surface area (TPSA) is 52.7 Å². The Bertz CT molecular complexity index is 584. The van der Waals surface area contributed by atoms with Crippen molar-refractivity contribution in [2.24, 2.45) is 0 Å². The SMILES string of the molecule is O=C(CNC(=O)C(F)(F)F)N1CCN(c2ccccc2F)CC1. The molecule has 0 spiro atoms. The molecule has 0 aliphatic carbocycles. The Hall–Kier alpha value is -2.32. The predicted molar refractivity (Wildman–Crippen MR) is 74.3 cm³/mol. The lowest BCUT2D eigenvalue weighted by atomic mass is 10.2. The van der Waals surface area contributed by atoms with Crippen LogP contribution in [-0.4, -0.2) is 55.6 Å². The molecule has 9 heteroatoms. The first-order chi connectivity index (χ1) is 10.8. The number of piperazine rings is 1. The lowest BCUT2D eigenvalue weighted by molar-refractivity contribution is -0.174. The number of anilines is 1. The van der Waals surface area contributed by atoms with Gasteiger partial charge in [0.05, 0.1) is 12.2 Å². The van der Waals surface area contributed by atoms with Crippen LogP contribution in [0.25, 0.3) is 0 Å². The second-order valence-electron chi connectivity index (χ2n) is 5.00. The smallest absolute Gasteiger partial charge is 0.366 e. The Labute approximate surface area is 129 Å². The molecule has 126 valence electrons. The maximum atomic E-state index is 13.7. The third-order valence-corrected chi connectivity index (χ3v) is 3.48. The van der Waals surface area contributed by atoms with Gasteiger partial charge >= 0.3 is 12.1 Å². The molecule has 23 heavy (non-hydrogen) atoms. The van der Waals surface area contributed by atoms with Gasteiger partial charge in [-0.15, -0.1) is 0 Å². The highest BCUT2D eigenvalue weighted by atomic mass is 19.4. The second-order valence-corrected chi connectivity index (χ2v) is 5.00. The fraction of sp³-hybridized carbons (Fsp3) is 0.429. The number of nitrogens with one attached hydrogen (secondary N) is 1. The number of hydrogen-bond donors (Lipinski definition) is 1. The number of para-hydroxylation sites is 1. The van der Waals surface area contributed by atoms with Gasteiger partial charge in [0.25, 0.3) is 0 Å². The maximum absolute atomic E-state index is 13.7. The van der Waals surface area contributed by atoms with Crippen LogP contribution >= 0.6 is 0 Å². The molecule has 1 aromatic carbocycles. The van der Waals surface area contributed by atoms with Gasteiger partial charge < -0.3 is 15.1 Å². The van der Waals surface area contributed by atoms with E-state index in [4.69, 9.17) is 0 Å². The van der Waals surface area contributed by atoms with Crippen LogP contribution in [0.4, 0.5) is 23.2 Å². The van der Waals surface area contributed by atoms with E-state index in [9.17, 15) is 27.2 Å². The first-order valence-corrected chi connectivity index (χ1v) is 6.91. The van der Waals surface area contributed by atoms with Gasteiger partial charge in [-0.05, 0) is 12.1 Å². The number of halogens is 4. The highest BCUT2D eigenvalue weighted by Crippen LogP contribution is 2.20. The zero-order chi connectivity index (χ0) is 17.0. The number of carbonyl (C=O) groups excluding carboxylic acids is 2. The van der Waals surface area contributed by atoms with Crippen molar-refractivity contribution in [1.82, 2.24) is 10.2 Å². The zero-order valence-electron chi connectivity index (χ0n) is 12.1. The summed E-state index contributed by atoms with van der Waals surface area (Å²) in [5.41, 5.74) is 0.421. The third kappa shape index (κ3) is 4.33. The highest BCUT2D eigenvalue weighted by Gasteiger charge is 2.38. The lowest BCUT2D eigenvalue weighted by Crippen LogP contribution is -2.52. The minimum atomic E-state index is -5.01. The zero-order valence-corrected chi connectivity index (χ0v) is 12.1. The van der Waals surface area contributed by atoms with E-state index >= 15 is 0 Å². The summed E-state index contributed by atoms with van der Waals surface area (Å²) in [6, 6.07) is 6.22. The Kier molecular flexibility index (Phi) is 5.07. The van der Waals surface area contributed by atoms with Gasteiger partial charge in [0.2, 0.25) is 5.91 Å². The van der Waals surface area contributed by atoms with E-state index in [1.807, 2.05) is 0 Å². The minimum absolute atomic E-state index is 0.245. The van der Waals surface area contributed by atoms with Crippen LogP contribution in [0, 0.1) is 5.82 Å². The van der Waals surface area contributed by atoms with E-state index in [0.717, 1.165) is 0 Å². The van der Waals surface area contributed by atoms with E-state index in [1.165, 1.54) is 11.0 Å². The molecule has 0 aromatic heterocycles. The molecule has 2 rings (SSSR count). The van der Waals surface area contributed by atoms with Crippen LogP contribution in [0.5, 0.6) is 0 Å². The van der Waals surface area contributed by atoms with Crippen molar-refractivity contribution in [3.8, 4) is 0 Å². The molecule has 1 heterocycles. The molecule has 0 atom stereocenters. The number of nitrogens with zero attached hydrogens (tertiary/aromatic N) is 2. The van der Waals surface area contributed by atoms with Gasteiger partial charge in [0.15, 0.2) is 0 Å². The molecular weight excluding hydrogens is 318 g/mol. The molecule has 1 aliphatic rings. The van der Waals surface area contributed by atoms with E-state index in [-0.39, 0.29) is 18.9 Å². The summed E-state index contributed by atoms with van der Waals surface area (Å²) in [6.07, 6.45) is -5.01. The molecule has 0 unspecified atom stereocenters. The van der Waals surface area contributed by atoms with E-state index in [2.05, 4.69) is 0 Å². The molecule has 1 fully saturated rings. The van der Waals surface area contributed by atoms with Gasteiger partial charge in [-0.25, -0.2) is 4.39 Å². The molecule has 0 saturated carbocycles. The standard InChI is InChI=1S/C14H15F4N3O2/c15-10-3-1-2-4-11(10)20-5-7-21(8-6-20)12(22)9-19-13(23)14(16,17)18/h1-4H,5-9H2,(H,19,23). The van der Waals surface area contributed by atoms with Crippen molar-refractivity contribution in [3.63, 3.8) is 0 Å². The van der Waals surface area contributed by atoms with Gasteiger partial charge in [-0.2, -0.15) is 13.2 Å². The molecule has 1 N–H and O–H groups in total. The lowest BCUT2D eigenvalue weighted by Gasteiger charge is -2.36. The summed E-state index contributed by atoms with van der Waals surface area (Å²) >= 11 is 0. The van der Waals surface area contributed by atoms with Crippen molar-refractivity contribution in [2.45, 2.75) is 6.18 Å². The Morgan fingerprint density at radius 3 is 2.26 bits per heavy atom. The maximum Gasteiger partial charge on any atom is 0.471 e. The van der Waals surface area contributed by atoms with Crippen LogP contribution < -0.4 is 10.2 Å². The predicted octanol–water partition coefficient (Wildman–Crippen LogP) is 1.15. The van der Waals surface area contributed by atoms with Crippen molar-refractivity contribution in [3.05, 3.63) is 30.1 Å². The monoisotopic (exact) mass is 333 g/mol. The summed E-state index contributed by atoms with van der Waals surface area (Å²) < 4.78 is 49.8. The van der Waals surface area contributed by atoms with Crippen molar-refractivity contribution < 1.29 is 27.2 Å². The largest absolute Gasteiger partial charge is 0.471 e. The summed E-state index contributed by atoms with van der Waals surface area (Å²) in [6.45, 7) is 0.502. The average molecular weight is 333 g/mol. The summed E-state index contributed by atoms with van der Waals surface area (Å²) in [7, 11) is 0. The van der Waals surface area contributed by atoms with Crippen molar-refractivity contribution >= 4 is 17.5 Å². The van der Waals surface area contributed by atoms with Crippen LogP contribution in [-0.2, 0) is 9.59 Å². The van der Waals surface area contributed by atoms with Crippen LogP contribution in [0.15, 0.2) is 24.3 Å². The molecule has 2 amide bonds. The molecule has 1 aromatic rings. The summed E-state index contributed by atoms with van der Waals surface area (Å²) in [5.74, 6) is -3.11. The normalized spacial score (nSPS) is 15.5. The molecular formula is C14H15F4N3O2. The fourth-order valence-corrected chi connectivity index (χ4v) is 2.27. The first kappa shape index (κ1) is 17.0. The number of amides is 2. The Balaban J connectivity index is 1.83. The van der Waals surface area contributed by atoms with Gasteiger partial charge in [0, 0.05) is 26.2 Å². The summed E-state index contributed by atoms with van der Waals surface area (Å²) in [5, 5.41) is 1.54. The van der Waals surface area contributed by atoms with Crippen molar-refractivity contribution in [1.29, 1.82) is 0 Å². The van der Waals surface area contributed by atoms with Gasteiger partial charge in [-0.3, -0.25) is 9.59 Å². The second kappa shape index (κ2) is 6.84.